The molecule has 13 heavy (non-hydrogen) atoms. The van der Waals surface area contributed by atoms with Gasteiger partial charge in [-0.25, -0.2) is 4.39 Å². The van der Waals surface area contributed by atoms with Gasteiger partial charge < -0.3 is 4.74 Å². The summed E-state index contributed by atoms with van der Waals surface area (Å²) in [5.74, 6) is -0.313. The molecule has 0 spiro atoms. The van der Waals surface area contributed by atoms with Crippen LogP contribution in [0.3, 0.4) is 0 Å². The van der Waals surface area contributed by atoms with Crippen LogP contribution in [0, 0.1) is 17.1 Å². The lowest BCUT2D eigenvalue weighted by Crippen LogP contribution is -1.96. The molecule has 1 rings (SSSR count). The number of alkyl halides is 1. The highest BCUT2D eigenvalue weighted by Gasteiger charge is 2.12. The standard InChI is InChI=1S/C9H7BrFNO/c1-13-8-3-2-6(5-12)7(4-10)9(8)11/h2-3H,4H2,1H3. The van der Waals surface area contributed by atoms with Crippen molar-refractivity contribution in [3.05, 3.63) is 29.1 Å². The van der Waals surface area contributed by atoms with Gasteiger partial charge in [0.15, 0.2) is 11.6 Å². The third-order valence-corrected chi connectivity index (χ3v) is 2.24. The van der Waals surface area contributed by atoms with Crippen LogP contribution in [0.5, 0.6) is 5.75 Å². The zero-order valence-corrected chi connectivity index (χ0v) is 8.56. The van der Waals surface area contributed by atoms with Crippen LogP contribution < -0.4 is 4.74 Å². The summed E-state index contributed by atoms with van der Waals surface area (Å²) < 4.78 is 18.2. The Bertz CT molecular complexity index is 359. The van der Waals surface area contributed by atoms with Crippen LogP contribution in [0.4, 0.5) is 4.39 Å². The Labute approximate surface area is 84.1 Å². The van der Waals surface area contributed by atoms with Gasteiger partial charge in [0, 0.05) is 10.9 Å². The summed E-state index contributed by atoms with van der Waals surface area (Å²) in [6, 6.07) is 4.90. The predicted molar refractivity (Wildman–Crippen MR) is 50.3 cm³/mol. The molecule has 0 N–H and O–H groups in total. The van der Waals surface area contributed by atoms with E-state index in [2.05, 4.69) is 15.9 Å². The van der Waals surface area contributed by atoms with Crippen LogP contribution >= 0.6 is 15.9 Å². The SMILES string of the molecule is COc1ccc(C#N)c(CBr)c1F. The van der Waals surface area contributed by atoms with Crippen molar-refractivity contribution in [2.45, 2.75) is 5.33 Å². The average Bonchev–Trinajstić information content (AvgIpc) is 2.17. The summed E-state index contributed by atoms with van der Waals surface area (Å²) in [6.45, 7) is 0. The van der Waals surface area contributed by atoms with Crippen molar-refractivity contribution in [1.29, 1.82) is 5.26 Å². The minimum absolute atomic E-state index is 0.161. The van der Waals surface area contributed by atoms with Crippen molar-refractivity contribution < 1.29 is 9.13 Å². The molecule has 1 aromatic rings. The van der Waals surface area contributed by atoms with E-state index in [1.165, 1.54) is 13.2 Å². The molecule has 0 fully saturated rings. The van der Waals surface area contributed by atoms with E-state index in [4.69, 9.17) is 10.00 Å². The van der Waals surface area contributed by atoms with Gasteiger partial charge >= 0.3 is 0 Å². The Kier molecular flexibility index (Phi) is 3.26. The number of nitriles is 1. The maximum atomic E-state index is 13.4. The van der Waals surface area contributed by atoms with Crippen LogP contribution in [-0.2, 0) is 5.33 Å². The Morgan fingerprint density at radius 3 is 2.77 bits per heavy atom. The molecule has 0 bridgehead atoms. The number of halogens is 2. The van der Waals surface area contributed by atoms with Crippen molar-refractivity contribution in [3.63, 3.8) is 0 Å². The van der Waals surface area contributed by atoms with E-state index in [9.17, 15) is 4.39 Å². The summed E-state index contributed by atoms with van der Waals surface area (Å²) in [6.07, 6.45) is 0. The minimum Gasteiger partial charge on any atom is -0.494 e. The van der Waals surface area contributed by atoms with Crippen LogP contribution in [-0.4, -0.2) is 7.11 Å². The van der Waals surface area contributed by atoms with Gasteiger partial charge in [0.1, 0.15) is 0 Å². The molecule has 0 aliphatic rings. The lowest BCUT2D eigenvalue weighted by molar-refractivity contribution is 0.385. The Morgan fingerprint density at radius 2 is 2.31 bits per heavy atom. The second-order valence-corrected chi connectivity index (χ2v) is 2.91. The molecule has 0 atom stereocenters. The molecule has 0 unspecified atom stereocenters. The largest absolute Gasteiger partial charge is 0.494 e. The zero-order valence-electron chi connectivity index (χ0n) is 6.97. The van der Waals surface area contributed by atoms with Gasteiger partial charge in [0.05, 0.1) is 18.7 Å². The zero-order chi connectivity index (χ0) is 9.84. The molecule has 0 saturated carbocycles. The molecule has 2 nitrogen and oxygen atoms in total. The highest BCUT2D eigenvalue weighted by molar-refractivity contribution is 9.08. The van der Waals surface area contributed by atoms with E-state index >= 15 is 0 Å². The summed E-state index contributed by atoms with van der Waals surface area (Å²) in [5.41, 5.74) is 0.664. The van der Waals surface area contributed by atoms with Crippen molar-refractivity contribution in [2.75, 3.05) is 7.11 Å². The van der Waals surface area contributed by atoms with Crippen molar-refractivity contribution in [1.82, 2.24) is 0 Å². The molecular formula is C9H7BrFNO. The molecule has 0 radical (unpaired) electrons. The number of rotatable bonds is 2. The summed E-state index contributed by atoms with van der Waals surface area (Å²) in [4.78, 5) is 0. The first-order valence-corrected chi connectivity index (χ1v) is 4.68. The maximum Gasteiger partial charge on any atom is 0.170 e. The average molecular weight is 244 g/mol. The third-order valence-electron chi connectivity index (χ3n) is 1.68. The van der Waals surface area contributed by atoms with Gasteiger partial charge in [-0.1, -0.05) is 15.9 Å². The van der Waals surface area contributed by atoms with E-state index in [-0.39, 0.29) is 5.75 Å². The highest BCUT2D eigenvalue weighted by Crippen LogP contribution is 2.24. The number of ether oxygens (including phenoxy) is 1. The lowest BCUT2D eigenvalue weighted by Gasteiger charge is -2.06. The fourth-order valence-corrected chi connectivity index (χ4v) is 1.54. The molecule has 0 aromatic heterocycles. The van der Waals surface area contributed by atoms with Crippen LogP contribution in [0.25, 0.3) is 0 Å². The second kappa shape index (κ2) is 4.24. The first kappa shape index (κ1) is 10.0. The Balaban J connectivity index is 3.34. The summed E-state index contributed by atoms with van der Waals surface area (Å²) >= 11 is 3.12. The van der Waals surface area contributed by atoms with Crippen molar-refractivity contribution in [2.24, 2.45) is 0 Å². The van der Waals surface area contributed by atoms with E-state index < -0.39 is 5.82 Å². The maximum absolute atomic E-state index is 13.4. The third kappa shape index (κ3) is 1.81. The number of hydrogen-bond donors (Lipinski definition) is 0. The van der Waals surface area contributed by atoms with Crippen LogP contribution in [0.1, 0.15) is 11.1 Å². The van der Waals surface area contributed by atoms with E-state index in [1.807, 2.05) is 6.07 Å². The van der Waals surface area contributed by atoms with Crippen molar-refractivity contribution >= 4 is 15.9 Å². The quantitative estimate of drug-likeness (QED) is 0.749. The number of hydrogen-bond acceptors (Lipinski definition) is 2. The topological polar surface area (TPSA) is 33.0 Å². The molecular weight excluding hydrogens is 237 g/mol. The molecule has 4 heteroatoms. The van der Waals surface area contributed by atoms with Crippen LogP contribution in [0.15, 0.2) is 12.1 Å². The fourth-order valence-electron chi connectivity index (χ4n) is 0.993. The van der Waals surface area contributed by atoms with Gasteiger partial charge in [0.2, 0.25) is 0 Å². The summed E-state index contributed by atoms with van der Waals surface area (Å²) in [7, 11) is 1.39. The molecule has 1 aromatic carbocycles. The molecule has 0 aliphatic heterocycles. The number of benzene rings is 1. The molecule has 0 heterocycles. The molecule has 0 aliphatic carbocycles. The number of nitrogens with zero attached hydrogens (tertiary/aromatic N) is 1. The van der Waals surface area contributed by atoms with Gasteiger partial charge in [-0.3, -0.25) is 0 Å². The fraction of sp³-hybridized carbons (Fsp3) is 0.222. The predicted octanol–water partition coefficient (Wildman–Crippen LogP) is 2.60. The van der Waals surface area contributed by atoms with E-state index in [0.29, 0.717) is 16.5 Å². The number of methoxy groups -OCH3 is 1. The lowest BCUT2D eigenvalue weighted by atomic mass is 10.1. The first-order valence-electron chi connectivity index (χ1n) is 3.56. The second-order valence-electron chi connectivity index (χ2n) is 2.35. The smallest absolute Gasteiger partial charge is 0.170 e. The normalized spacial score (nSPS) is 9.38. The van der Waals surface area contributed by atoms with Crippen LogP contribution in [0.2, 0.25) is 0 Å². The molecule has 68 valence electrons. The van der Waals surface area contributed by atoms with E-state index in [1.54, 1.807) is 6.07 Å². The van der Waals surface area contributed by atoms with Gasteiger partial charge in [-0.15, -0.1) is 0 Å². The van der Waals surface area contributed by atoms with E-state index in [0.717, 1.165) is 0 Å². The van der Waals surface area contributed by atoms with Gasteiger partial charge in [-0.2, -0.15) is 5.26 Å². The van der Waals surface area contributed by atoms with Gasteiger partial charge in [0.25, 0.3) is 0 Å². The van der Waals surface area contributed by atoms with Crippen molar-refractivity contribution in [3.8, 4) is 11.8 Å². The molecule has 0 amide bonds. The highest BCUT2D eigenvalue weighted by atomic mass is 79.9. The monoisotopic (exact) mass is 243 g/mol. The Hall–Kier alpha value is -1.08. The van der Waals surface area contributed by atoms with Gasteiger partial charge in [-0.05, 0) is 12.1 Å². The molecule has 0 saturated heterocycles. The Morgan fingerprint density at radius 1 is 1.62 bits per heavy atom. The summed E-state index contributed by atoms with van der Waals surface area (Å²) in [5, 5.41) is 8.96. The first-order chi connectivity index (χ1) is 6.24. The minimum atomic E-state index is -0.474.